The van der Waals surface area contributed by atoms with Gasteiger partial charge in [-0.25, -0.2) is 24.3 Å². The van der Waals surface area contributed by atoms with E-state index in [-0.39, 0.29) is 69.1 Å². The number of carboxylic acids is 1. The summed E-state index contributed by atoms with van der Waals surface area (Å²) in [5, 5.41) is 42.3. The highest BCUT2D eigenvalue weighted by atomic mass is 16.6. The number of imidazole rings is 1. The summed E-state index contributed by atoms with van der Waals surface area (Å²) >= 11 is 0. The van der Waals surface area contributed by atoms with Crippen molar-refractivity contribution in [2.24, 2.45) is 11.7 Å². The monoisotopic (exact) mass is 1720 g/mol. The van der Waals surface area contributed by atoms with Crippen LogP contribution in [0, 0.1) is 11.3 Å². The molecule has 12 N–H and O–H groups in total. The van der Waals surface area contributed by atoms with Crippen LogP contribution in [0.2, 0.25) is 0 Å². The number of fused-ring (bicyclic) bond motifs is 2. The molecule has 0 saturated carbocycles. The Bertz CT molecular complexity index is 5260. The number of hydrogen-bond acceptors (Lipinski definition) is 17. The van der Waals surface area contributed by atoms with E-state index in [0.29, 0.717) is 33.3 Å². The number of carboxylic acid groups (broad SMARTS) is 1. The number of nitrogens with two attached hydrogens (primary N) is 1. The number of benzene rings is 7. The van der Waals surface area contributed by atoms with Gasteiger partial charge in [-0.15, -0.1) is 0 Å². The van der Waals surface area contributed by atoms with Crippen LogP contribution in [-0.2, 0) is 88.6 Å². The number of hydrogen-bond donors (Lipinski definition) is 11. The molecular weight excluding hydrogens is 1610 g/mol. The molecule has 0 unspecified atom stereocenters. The fourth-order valence-corrected chi connectivity index (χ4v) is 15.0. The molecule has 30 nitrogen and oxygen atoms in total. The second-order valence-corrected chi connectivity index (χ2v) is 36.1. The number of para-hydroxylation sites is 1. The van der Waals surface area contributed by atoms with Crippen molar-refractivity contribution >= 4 is 93.0 Å². The molecule has 1 saturated heterocycles. The standard InChI is InChI=1S/C96H118N14O16/c1-59(2)49-72(81(112)101-71(88(119)120)38-28-48-99-89(97)98)102-83(114)74(52-61-40-43-62-29-24-25-30-63(62)50-61)103-82(113)73(51-60-41-44-69(45-42-60)124-93(6,7)8)104-86(117)77(57-123-92(3,4)5)107-84(115)75(53-64-55-109(90(121)125-94(9,10)11)78-39-27-26-37-70(64)78)105-85(116)76(106-87(118)79-46-47-80(111)110(79)91(122)126-95(12,13)14)54-68-56-108(58-100-68)96(65-31-18-15-19-32-65,66-33-20-16-21-34-66)67-35-22-17-23-36-67/h15-27,29-37,39-45,50,55-56,58-59,71-77,79H,28,38,46-49,51-54,57H2,1-14H3,(H,101,112)(H,102,114)(H,103,113)(H,104,117)(H,105,116)(H,106,118)(H,107,115)(H,119,120)(H4,97,98,99)/t71-,72-,73-,74+,75-,76-,77-,79-/m0/s1. The zero-order valence-electron chi connectivity index (χ0n) is 74.0. The number of likely N-dealkylation sites (tertiary alicyclic amines) is 1. The molecule has 0 spiro atoms. The van der Waals surface area contributed by atoms with Gasteiger partial charge in [0.2, 0.25) is 47.3 Å². The molecule has 126 heavy (non-hydrogen) atoms. The molecule has 3 heterocycles. The minimum atomic E-state index is -1.76. The highest BCUT2D eigenvalue weighted by molar-refractivity contribution is 6.03. The number of carbonyl (C=O) groups excluding carboxylic acids is 10. The van der Waals surface area contributed by atoms with Crippen molar-refractivity contribution in [1.29, 1.82) is 5.41 Å². The molecule has 1 aliphatic heterocycles. The maximum absolute atomic E-state index is 16.2. The lowest BCUT2D eigenvalue weighted by Crippen LogP contribution is -2.62. The van der Waals surface area contributed by atoms with Gasteiger partial charge < -0.3 is 76.9 Å². The number of nitrogens with one attached hydrogen (secondary N) is 9. The molecule has 9 amide bonds. The molecule has 0 radical (unpaired) electrons. The zero-order valence-corrected chi connectivity index (χ0v) is 74.0. The Morgan fingerprint density at radius 1 is 0.516 bits per heavy atom. The molecule has 0 aliphatic carbocycles. The third-order valence-corrected chi connectivity index (χ3v) is 20.8. The second-order valence-electron chi connectivity index (χ2n) is 36.1. The molecule has 10 rings (SSSR count). The van der Waals surface area contributed by atoms with Crippen LogP contribution in [0.1, 0.15) is 168 Å². The number of guanidine groups is 1. The van der Waals surface area contributed by atoms with E-state index >= 15 is 28.8 Å². The molecule has 8 atom stereocenters. The fraction of sp³-hybridized carbons (Fsp3) is 0.406. The van der Waals surface area contributed by atoms with Gasteiger partial charge in [0.1, 0.15) is 76.4 Å². The second kappa shape index (κ2) is 41.5. The summed E-state index contributed by atoms with van der Waals surface area (Å²) in [5.74, 6) is -8.67. The molecule has 668 valence electrons. The average Bonchev–Trinajstić information content (AvgIpc) is 1.31. The quantitative estimate of drug-likeness (QED) is 0.00752. The molecule has 1 aliphatic rings. The summed E-state index contributed by atoms with van der Waals surface area (Å²) in [4.78, 5) is 169. The van der Waals surface area contributed by atoms with Crippen LogP contribution in [0.15, 0.2) is 201 Å². The third-order valence-electron chi connectivity index (χ3n) is 20.8. The van der Waals surface area contributed by atoms with Crippen molar-refractivity contribution in [3.8, 4) is 5.75 Å². The van der Waals surface area contributed by atoms with E-state index in [9.17, 15) is 29.1 Å². The molecule has 0 bridgehead atoms. The first-order valence-corrected chi connectivity index (χ1v) is 42.4. The van der Waals surface area contributed by atoms with Gasteiger partial charge in [-0.2, -0.15) is 0 Å². The molecular formula is C96H118N14O16. The van der Waals surface area contributed by atoms with Crippen LogP contribution in [-0.4, -0.2) is 179 Å². The maximum Gasteiger partial charge on any atom is 0.419 e. The number of aliphatic carboxylic acids is 1. The van der Waals surface area contributed by atoms with E-state index < -0.39 is 161 Å². The number of carbonyl (C=O) groups is 11. The first-order valence-electron chi connectivity index (χ1n) is 42.4. The fourth-order valence-electron chi connectivity index (χ4n) is 15.0. The van der Waals surface area contributed by atoms with E-state index in [4.69, 9.17) is 35.1 Å². The molecule has 30 heteroatoms. The van der Waals surface area contributed by atoms with Crippen molar-refractivity contribution in [3.05, 3.63) is 240 Å². The van der Waals surface area contributed by atoms with Crippen LogP contribution in [0.25, 0.3) is 21.7 Å². The van der Waals surface area contributed by atoms with Crippen molar-refractivity contribution in [2.45, 2.75) is 231 Å². The van der Waals surface area contributed by atoms with Crippen molar-refractivity contribution in [2.75, 3.05) is 13.2 Å². The first-order chi connectivity index (χ1) is 59.5. The predicted molar refractivity (Wildman–Crippen MR) is 478 cm³/mol. The van der Waals surface area contributed by atoms with Crippen LogP contribution in [0.5, 0.6) is 5.75 Å². The van der Waals surface area contributed by atoms with E-state index in [0.717, 1.165) is 32.4 Å². The largest absolute Gasteiger partial charge is 0.488 e. The summed E-state index contributed by atoms with van der Waals surface area (Å²) in [6.45, 7) is 23.9. The highest BCUT2D eigenvalue weighted by Gasteiger charge is 2.45. The van der Waals surface area contributed by atoms with E-state index in [1.807, 2.05) is 167 Å². The average molecular weight is 1720 g/mol. The van der Waals surface area contributed by atoms with Gasteiger partial charge in [0.05, 0.1) is 29.7 Å². The van der Waals surface area contributed by atoms with Crippen LogP contribution in [0.4, 0.5) is 9.59 Å². The van der Waals surface area contributed by atoms with Crippen LogP contribution in [0.3, 0.4) is 0 Å². The lowest BCUT2D eigenvalue weighted by molar-refractivity contribution is -0.142. The summed E-state index contributed by atoms with van der Waals surface area (Å²) in [6.07, 6.45) is 1.45. The van der Waals surface area contributed by atoms with Gasteiger partial charge in [-0.3, -0.25) is 48.3 Å². The Morgan fingerprint density at radius 2 is 0.992 bits per heavy atom. The lowest BCUT2D eigenvalue weighted by Gasteiger charge is -2.37. The van der Waals surface area contributed by atoms with E-state index in [2.05, 4.69) is 42.5 Å². The highest BCUT2D eigenvalue weighted by Crippen LogP contribution is 2.41. The lowest BCUT2D eigenvalue weighted by atomic mass is 9.77. The van der Waals surface area contributed by atoms with Crippen LogP contribution < -0.4 is 53.0 Å². The van der Waals surface area contributed by atoms with Gasteiger partial charge in [0.25, 0.3) is 0 Å². The molecule has 9 aromatic rings. The smallest absolute Gasteiger partial charge is 0.419 e. The van der Waals surface area contributed by atoms with Crippen molar-refractivity contribution < 1.29 is 76.8 Å². The number of amides is 9. The minimum absolute atomic E-state index is 0.0220. The summed E-state index contributed by atoms with van der Waals surface area (Å²) in [7, 11) is 0. The number of aromatic nitrogens is 3. The SMILES string of the molecule is CC(C)C[C@H](NC(=O)[C@@H](Cc1ccc2ccccc2c1)NC(=O)[C@H](Cc1ccc(OC(C)(C)C)cc1)NC(=O)[C@H](COC(C)(C)C)NC(=O)[C@H](Cc1cn(C(=O)OC(C)(C)C)c2ccccc12)NC(=O)[C@H](Cc1cn(C(c2ccccc2)(c2ccccc2)c2ccccc2)cn1)NC(=O)[C@@H]1CCC(=O)N1C(=O)OC(C)(C)C)C(=O)N[C@@H](CCCNC(=N)N)C(=O)O. The Morgan fingerprint density at radius 3 is 1.53 bits per heavy atom. The van der Waals surface area contributed by atoms with Crippen molar-refractivity contribution in [3.63, 3.8) is 0 Å². The molecule has 7 aromatic carbocycles. The van der Waals surface area contributed by atoms with E-state index in [1.54, 1.807) is 129 Å². The van der Waals surface area contributed by atoms with Gasteiger partial charge in [0.15, 0.2) is 5.96 Å². The van der Waals surface area contributed by atoms with Crippen LogP contribution >= 0.6 is 0 Å². The zero-order chi connectivity index (χ0) is 91.6. The Balaban J connectivity index is 1.06. The summed E-state index contributed by atoms with van der Waals surface area (Å²) < 4.78 is 27.2. The van der Waals surface area contributed by atoms with Crippen molar-refractivity contribution in [1.82, 2.24) is 61.6 Å². The number of imide groups is 1. The summed E-state index contributed by atoms with van der Waals surface area (Å²) in [5.41, 5.74) is 5.11. The predicted octanol–water partition coefficient (Wildman–Crippen LogP) is 10.6. The van der Waals surface area contributed by atoms with Gasteiger partial charge in [0, 0.05) is 56.4 Å². The normalized spacial score (nSPS) is 14.9. The Hall–Kier alpha value is -13.3. The Labute approximate surface area is 734 Å². The van der Waals surface area contributed by atoms with Gasteiger partial charge >= 0.3 is 18.2 Å². The van der Waals surface area contributed by atoms with Gasteiger partial charge in [-0.05, 0) is 177 Å². The topological polar surface area (TPSA) is 417 Å². The minimum Gasteiger partial charge on any atom is -0.488 e. The number of nitrogens with zero attached hydrogens (tertiary/aromatic N) is 4. The number of rotatable bonds is 36. The molecule has 2 aromatic heterocycles. The maximum atomic E-state index is 16.2. The summed E-state index contributed by atoms with van der Waals surface area (Å²) in [6, 6.07) is 43.1. The number of ether oxygens (including phenoxy) is 4. The van der Waals surface area contributed by atoms with Gasteiger partial charge in [-0.1, -0.05) is 178 Å². The Kier molecular flexibility index (Phi) is 31.3. The molecule has 1 fully saturated rings. The first kappa shape index (κ1) is 95.0. The van der Waals surface area contributed by atoms with E-state index in [1.165, 1.54) is 10.8 Å². The third kappa shape index (κ3) is 26.2.